The monoisotopic (exact) mass is 501 g/mol. The summed E-state index contributed by atoms with van der Waals surface area (Å²) in [6, 6.07) is 5.22. The number of hydrogen-bond acceptors (Lipinski definition) is 3. The van der Waals surface area contributed by atoms with Crippen molar-refractivity contribution in [1.29, 1.82) is 0 Å². The van der Waals surface area contributed by atoms with Gasteiger partial charge in [0.05, 0.1) is 18.7 Å². The molecule has 1 aromatic rings. The molecule has 0 radical (unpaired) electrons. The number of nitrogens with one attached hydrogen (secondary N) is 1. The van der Waals surface area contributed by atoms with Crippen LogP contribution in [0.25, 0.3) is 0 Å². The number of halogens is 4. The van der Waals surface area contributed by atoms with Crippen LogP contribution >= 0.6 is 24.0 Å². The predicted octanol–water partition coefficient (Wildman–Crippen LogP) is 3.64. The van der Waals surface area contributed by atoms with Crippen LogP contribution in [0.4, 0.5) is 13.2 Å². The van der Waals surface area contributed by atoms with Crippen molar-refractivity contribution in [3.63, 3.8) is 0 Å². The van der Waals surface area contributed by atoms with E-state index in [9.17, 15) is 13.2 Å². The first-order chi connectivity index (χ1) is 12.5. The maximum absolute atomic E-state index is 12.9. The zero-order valence-corrected chi connectivity index (χ0v) is 17.9. The summed E-state index contributed by atoms with van der Waals surface area (Å²) >= 11 is 0. The molecule has 0 amide bonds. The Hall–Kier alpha value is -1.23. The molecule has 0 saturated carbocycles. The second kappa shape index (κ2) is 11.6. The molecule has 0 bridgehead atoms. The van der Waals surface area contributed by atoms with Crippen molar-refractivity contribution in [2.75, 3.05) is 46.5 Å². The van der Waals surface area contributed by atoms with Gasteiger partial charge in [-0.15, -0.1) is 24.0 Å². The first-order valence-electron chi connectivity index (χ1n) is 8.78. The van der Waals surface area contributed by atoms with Gasteiger partial charge >= 0.3 is 6.18 Å². The number of benzene rings is 1. The van der Waals surface area contributed by atoms with E-state index in [1.165, 1.54) is 18.2 Å². The third-order valence-electron chi connectivity index (χ3n) is 4.19. The second-order valence-electron chi connectivity index (χ2n) is 6.08. The SMILES string of the molecule is CCOCC1CCN(C(=NC)NCCOc2ccccc2C(F)(F)F)C1.I. The van der Waals surface area contributed by atoms with Gasteiger partial charge in [0.25, 0.3) is 0 Å². The standard InChI is InChI=1S/C18H26F3N3O2.HI/c1-3-25-13-14-8-10-24(12-14)17(22-2)23-9-11-26-16-7-5-4-6-15(16)18(19,20)21;/h4-7,14H,3,8-13H2,1-2H3,(H,22,23);1H. The summed E-state index contributed by atoms with van der Waals surface area (Å²) in [5.41, 5.74) is -0.761. The lowest BCUT2D eigenvalue weighted by Gasteiger charge is -2.22. The first kappa shape index (κ1) is 23.8. The average molecular weight is 501 g/mol. The summed E-state index contributed by atoms with van der Waals surface area (Å²) in [5, 5.41) is 3.15. The highest BCUT2D eigenvalue weighted by Gasteiger charge is 2.34. The van der Waals surface area contributed by atoms with Crippen LogP contribution in [-0.4, -0.2) is 57.4 Å². The highest BCUT2D eigenvalue weighted by molar-refractivity contribution is 14.0. The van der Waals surface area contributed by atoms with Crippen LogP contribution in [0.15, 0.2) is 29.3 Å². The Morgan fingerprint density at radius 1 is 1.33 bits per heavy atom. The van der Waals surface area contributed by atoms with Crippen molar-refractivity contribution in [3.8, 4) is 5.75 Å². The van der Waals surface area contributed by atoms with Crippen LogP contribution in [0.5, 0.6) is 5.75 Å². The van der Waals surface area contributed by atoms with E-state index in [1.807, 2.05) is 6.92 Å². The molecule has 1 aliphatic heterocycles. The number of ether oxygens (including phenoxy) is 2. The van der Waals surface area contributed by atoms with E-state index in [-0.39, 0.29) is 36.3 Å². The van der Waals surface area contributed by atoms with E-state index < -0.39 is 11.7 Å². The lowest BCUT2D eigenvalue weighted by Crippen LogP contribution is -2.41. The van der Waals surface area contributed by atoms with Crippen LogP contribution in [0.1, 0.15) is 18.9 Å². The van der Waals surface area contributed by atoms with Gasteiger partial charge in [-0.05, 0) is 25.5 Å². The van der Waals surface area contributed by atoms with Crippen LogP contribution in [0.3, 0.4) is 0 Å². The number of para-hydroxylation sites is 1. The number of rotatable bonds is 7. The van der Waals surface area contributed by atoms with Gasteiger partial charge in [-0.25, -0.2) is 0 Å². The van der Waals surface area contributed by atoms with Crippen LogP contribution in [0.2, 0.25) is 0 Å². The summed E-state index contributed by atoms with van der Waals surface area (Å²) in [7, 11) is 1.69. The molecule has 1 aromatic carbocycles. The van der Waals surface area contributed by atoms with Gasteiger partial charge in [-0.1, -0.05) is 12.1 Å². The highest BCUT2D eigenvalue weighted by atomic mass is 127. The Balaban J connectivity index is 0.00000364. The number of alkyl halides is 3. The van der Waals surface area contributed by atoms with Crippen molar-refractivity contribution in [1.82, 2.24) is 10.2 Å². The molecule has 1 fully saturated rings. The molecule has 1 heterocycles. The lowest BCUT2D eigenvalue weighted by atomic mass is 10.1. The number of hydrogen-bond donors (Lipinski definition) is 1. The van der Waals surface area contributed by atoms with E-state index in [1.54, 1.807) is 7.05 Å². The molecule has 2 rings (SSSR count). The Bertz CT molecular complexity index is 599. The number of nitrogens with zero attached hydrogens (tertiary/aromatic N) is 2. The maximum atomic E-state index is 12.9. The van der Waals surface area contributed by atoms with Crippen molar-refractivity contribution >= 4 is 29.9 Å². The van der Waals surface area contributed by atoms with Gasteiger partial charge in [0.15, 0.2) is 5.96 Å². The van der Waals surface area contributed by atoms with Gasteiger partial charge in [0.2, 0.25) is 0 Å². The van der Waals surface area contributed by atoms with Crippen LogP contribution in [-0.2, 0) is 10.9 Å². The highest BCUT2D eigenvalue weighted by Crippen LogP contribution is 2.35. The molecule has 9 heteroatoms. The molecule has 0 spiro atoms. The molecule has 0 aromatic heterocycles. The van der Waals surface area contributed by atoms with Gasteiger partial charge in [-0.3, -0.25) is 4.99 Å². The minimum absolute atomic E-state index is 0. The fraction of sp³-hybridized carbons (Fsp3) is 0.611. The molecule has 1 N–H and O–H groups in total. The normalized spacial score (nSPS) is 17.6. The quantitative estimate of drug-likeness (QED) is 0.268. The van der Waals surface area contributed by atoms with Gasteiger partial charge in [0, 0.05) is 32.7 Å². The largest absolute Gasteiger partial charge is 0.491 e. The third kappa shape index (κ3) is 7.36. The first-order valence-corrected chi connectivity index (χ1v) is 8.78. The Labute approximate surface area is 175 Å². The van der Waals surface area contributed by atoms with E-state index in [0.29, 0.717) is 19.1 Å². The Morgan fingerprint density at radius 3 is 2.74 bits per heavy atom. The summed E-state index contributed by atoms with van der Waals surface area (Å²) in [4.78, 5) is 6.37. The van der Waals surface area contributed by atoms with Gasteiger partial charge < -0.3 is 19.7 Å². The minimum Gasteiger partial charge on any atom is -0.491 e. The maximum Gasteiger partial charge on any atom is 0.419 e. The molecule has 1 aliphatic rings. The summed E-state index contributed by atoms with van der Waals surface area (Å²) in [6.45, 7) is 5.64. The zero-order valence-electron chi connectivity index (χ0n) is 15.6. The van der Waals surface area contributed by atoms with Crippen molar-refractivity contribution < 1.29 is 22.6 Å². The van der Waals surface area contributed by atoms with Crippen molar-refractivity contribution in [2.24, 2.45) is 10.9 Å². The molecule has 1 atom stereocenters. The lowest BCUT2D eigenvalue weighted by molar-refractivity contribution is -0.138. The molecule has 27 heavy (non-hydrogen) atoms. The number of guanidine groups is 1. The average Bonchev–Trinajstić information content (AvgIpc) is 3.08. The van der Waals surface area contributed by atoms with Crippen molar-refractivity contribution in [2.45, 2.75) is 19.5 Å². The molecular weight excluding hydrogens is 474 g/mol. The number of aliphatic imine (C=N–C) groups is 1. The molecule has 154 valence electrons. The molecule has 5 nitrogen and oxygen atoms in total. The summed E-state index contributed by atoms with van der Waals surface area (Å²) in [5.74, 6) is 1.05. The topological polar surface area (TPSA) is 46.1 Å². The third-order valence-corrected chi connectivity index (χ3v) is 4.19. The van der Waals surface area contributed by atoms with E-state index >= 15 is 0 Å². The fourth-order valence-electron chi connectivity index (χ4n) is 2.93. The summed E-state index contributed by atoms with van der Waals surface area (Å²) < 4.78 is 49.6. The van der Waals surface area contributed by atoms with E-state index in [4.69, 9.17) is 9.47 Å². The van der Waals surface area contributed by atoms with Crippen LogP contribution in [0, 0.1) is 5.92 Å². The Morgan fingerprint density at radius 2 is 2.07 bits per heavy atom. The zero-order chi connectivity index (χ0) is 19.0. The molecule has 1 saturated heterocycles. The van der Waals surface area contributed by atoms with E-state index in [0.717, 1.165) is 38.1 Å². The fourth-order valence-corrected chi connectivity index (χ4v) is 2.93. The van der Waals surface area contributed by atoms with Gasteiger partial charge in [0.1, 0.15) is 12.4 Å². The smallest absolute Gasteiger partial charge is 0.419 e. The molecular formula is C18H27F3IN3O2. The number of likely N-dealkylation sites (tertiary alicyclic amines) is 1. The summed E-state index contributed by atoms with van der Waals surface area (Å²) in [6.07, 6.45) is -3.39. The van der Waals surface area contributed by atoms with Crippen LogP contribution < -0.4 is 10.1 Å². The molecule has 1 unspecified atom stereocenters. The molecule has 0 aliphatic carbocycles. The van der Waals surface area contributed by atoms with E-state index in [2.05, 4.69) is 15.2 Å². The van der Waals surface area contributed by atoms with Gasteiger partial charge in [-0.2, -0.15) is 13.2 Å². The second-order valence-corrected chi connectivity index (χ2v) is 6.08. The minimum atomic E-state index is -4.43. The van der Waals surface area contributed by atoms with Crippen molar-refractivity contribution in [3.05, 3.63) is 29.8 Å². The Kier molecular flexibility index (Phi) is 10.2. The predicted molar refractivity (Wildman–Crippen MR) is 110 cm³/mol.